The summed E-state index contributed by atoms with van der Waals surface area (Å²) in [5, 5.41) is 3.34. The predicted octanol–water partition coefficient (Wildman–Crippen LogP) is 3.78. The Kier molecular flexibility index (Phi) is 3.98. The van der Waals surface area contributed by atoms with Gasteiger partial charge in [0.05, 0.1) is 17.5 Å². The first kappa shape index (κ1) is 17.9. The van der Waals surface area contributed by atoms with Gasteiger partial charge in [-0.05, 0) is 23.9 Å². The Morgan fingerprint density at radius 2 is 2.14 bits per heavy atom. The molecule has 0 amide bonds. The van der Waals surface area contributed by atoms with Gasteiger partial charge in [-0.15, -0.1) is 0 Å². The van der Waals surface area contributed by atoms with E-state index < -0.39 is 5.41 Å². The van der Waals surface area contributed by atoms with E-state index in [9.17, 15) is 4.79 Å². The van der Waals surface area contributed by atoms with E-state index in [1.165, 1.54) is 11.3 Å². The number of carbonyl (C=O) groups excluding carboxylic acids is 1. The lowest BCUT2D eigenvalue weighted by molar-refractivity contribution is 0.0860. The number of anilines is 1. The monoisotopic (exact) mass is 387 g/mol. The molecule has 1 saturated heterocycles. The van der Waals surface area contributed by atoms with E-state index in [2.05, 4.69) is 50.7 Å². The molecule has 0 aliphatic carbocycles. The molecule has 0 spiro atoms. The zero-order chi connectivity index (χ0) is 20.2. The van der Waals surface area contributed by atoms with Gasteiger partial charge in [-0.25, -0.2) is 9.97 Å². The van der Waals surface area contributed by atoms with Crippen LogP contribution in [0, 0.1) is 11.3 Å². The van der Waals surface area contributed by atoms with Crippen LogP contribution in [0.3, 0.4) is 0 Å². The molecule has 6 nitrogen and oxygen atoms in total. The average Bonchev–Trinajstić information content (AvgIpc) is 3.40. The fraction of sp³-hybridized carbons (Fsp3) is 0.348. The summed E-state index contributed by atoms with van der Waals surface area (Å²) < 4.78 is 0. The third kappa shape index (κ3) is 3.09. The SMILES string of the molecule is CC(C)(C)C(=O)c1c[nH]c2ncc(-c3cccc(N4CC5=CNCC5C4)c3)nc12. The molecule has 2 aliphatic rings. The molecule has 2 N–H and O–H groups in total. The Bertz CT molecular complexity index is 1140. The molecule has 4 heterocycles. The molecule has 1 atom stereocenters. The van der Waals surface area contributed by atoms with Crippen LogP contribution in [0.1, 0.15) is 31.1 Å². The Labute approximate surface area is 170 Å². The van der Waals surface area contributed by atoms with Gasteiger partial charge >= 0.3 is 0 Å². The van der Waals surface area contributed by atoms with E-state index in [-0.39, 0.29) is 5.78 Å². The van der Waals surface area contributed by atoms with Crippen molar-refractivity contribution in [2.24, 2.45) is 11.3 Å². The van der Waals surface area contributed by atoms with Crippen molar-refractivity contribution in [1.29, 1.82) is 0 Å². The highest BCUT2D eigenvalue weighted by atomic mass is 16.1. The van der Waals surface area contributed by atoms with Gasteiger partial charge in [0.15, 0.2) is 11.4 Å². The number of Topliss-reactive ketones (excluding diaryl/α,β-unsaturated/α-hetero) is 1. The molecule has 0 saturated carbocycles. The van der Waals surface area contributed by atoms with Crippen molar-refractivity contribution in [3.8, 4) is 11.3 Å². The minimum Gasteiger partial charge on any atom is -0.390 e. The van der Waals surface area contributed by atoms with Crippen LogP contribution in [0.15, 0.2) is 48.4 Å². The highest BCUT2D eigenvalue weighted by Gasteiger charge is 2.30. The number of aromatic nitrogens is 3. The Morgan fingerprint density at radius 3 is 2.93 bits per heavy atom. The molecule has 29 heavy (non-hydrogen) atoms. The van der Waals surface area contributed by atoms with Gasteiger partial charge in [0, 0.05) is 48.4 Å². The van der Waals surface area contributed by atoms with Crippen LogP contribution in [-0.4, -0.2) is 40.4 Å². The number of nitrogens with zero attached hydrogens (tertiary/aromatic N) is 3. The van der Waals surface area contributed by atoms with Crippen molar-refractivity contribution in [2.75, 3.05) is 24.5 Å². The van der Waals surface area contributed by atoms with Crippen LogP contribution in [0.5, 0.6) is 0 Å². The van der Waals surface area contributed by atoms with Crippen molar-refractivity contribution >= 4 is 22.6 Å². The molecule has 6 heteroatoms. The lowest BCUT2D eigenvalue weighted by Gasteiger charge is -2.19. The van der Waals surface area contributed by atoms with Gasteiger partial charge in [0.25, 0.3) is 0 Å². The quantitative estimate of drug-likeness (QED) is 0.669. The van der Waals surface area contributed by atoms with Crippen molar-refractivity contribution in [1.82, 2.24) is 20.3 Å². The topological polar surface area (TPSA) is 73.9 Å². The molecule has 2 aliphatic heterocycles. The van der Waals surface area contributed by atoms with Gasteiger partial charge in [0.1, 0.15) is 5.52 Å². The zero-order valence-electron chi connectivity index (χ0n) is 17.0. The second kappa shape index (κ2) is 6.44. The largest absolute Gasteiger partial charge is 0.390 e. The third-order valence-electron chi connectivity index (χ3n) is 5.80. The van der Waals surface area contributed by atoms with E-state index in [1.54, 1.807) is 12.4 Å². The van der Waals surface area contributed by atoms with E-state index in [0.717, 1.165) is 30.9 Å². The minimum atomic E-state index is -0.468. The summed E-state index contributed by atoms with van der Waals surface area (Å²) in [5.74, 6) is 0.676. The third-order valence-corrected chi connectivity index (χ3v) is 5.80. The van der Waals surface area contributed by atoms with E-state index in [4.69, 9.17) is 4.98 Å². The second-order valence-electron chi connectivity index (χ2n) is 8.99. The van der Waals surface area contributed by atoms with E-state index >= 15 is 0 Å². The molecule has 5 rings (SSSR count). The van der Waals surface area contributed by atoms with Crippen LogP contribution in [0.2, 0.25) is 0 Å². The van der Waals surface area contributed by atoms with Gasteiger partial charge < -0.3 is 15.2 Å². The normalized spacial score (nSPS) is 18.7. The Balaban J connectivity index is 1.50. The number of H-pyrrole nitrogens is 1. The molecular formula is C23H25N5O. The second-order valence-corrected chi connectivity index (χ2v) is 8.99. The number of hydrogen-bond acceptors (Lipinski definition) is 5. The van der Waals surface area contributed by atoms with Crippen LogP contribution >= 0.6 is 0 Å². The summed E-state index contributed by atoms with van der Waals surface area (Å²) in [4.78, 5) is 27.6. The molecule has 1 fully saturated rings. The average molecular weight is 387 g/mol. The highest BCUT2D eigenvalue weighted by molar-refractivity contribution is 6.08. The summed E-state index contributed by atoms with van der Waals surface area (Å²) in [6, 6.07) is 8.43. The molecule has 3 aromatic rings. The van der Waals surface area contributed by atoms with Crippen molar-refractivity contribution in [3.63, 3.8) is 0 Å². The Hall–Kier alpha value is -3.15. The number of nitrogens with one attached hydrogen (secondary N) is 2. The van der Waals surface area contributed by atoms with Crippen molar-refractivity contribution in [2.45, 2.75) is 20.8 Å². The molecule has 2 aromatic heterocycles. The number of rotatable bonds is 3. The first-order valence-electron chi connectivity index (χ1n) is 10.1. The van der Waals surface area contributed by atoms with Gasteiger partial charge in [-0.3, -0.25) is 4.79 Å². The van der Waals surface area contributed by atoms with E-state index in [1.807, 2.05) is 20.8 Å². The summed E-state index contributed by atoms with van der Waals surface area (Å²) in [6.45, 7) is 8.80. The minimum absolute atomic E-state index is 0.0643. The lowest BCUT2D eigenvalue weighted by atomic mass is 9.87. The lowest BCUT2D eigenvalue weighted by Crippen LogP contribution is -2.23. The maximum atomic E-state index is 12.8. The summed E-state index contributed by atoms with van der Waals surface area (Å²) in [6.07, 6.45) is 5.66. The Morgan fingerprint density at radius 1 is 1.28 bits per heavy atom. The summed E-state index contributed by atoms with van der Waals surface area (Å²) in [5.41, 5.74) is 5.88. The fourth-order valence-electron chi connectivity index (χ4n) is 4.15. The molecule has 0 bridgehead atoms. The van der Waals surface area contributed by atoms with Crippen LogP contribution in [0.25, 0.3) is 22.4 Å². The molecular weight excluding hydrogens is 362 g/mol. The number of fused-ring (bicyclic) bond motifs is 2. The van der Waals surface area contributed by atoms with Crippen LogP contribution in [0.4, 0.5) is 5.69 Å². The zero-order valence-corrected chi connectivity index (χ0v) is 17.0. The van der Waals surface area contributed by atoms with Gasteiger partial charge in [-0.1, -0.05) is 32.9 Å². The number of carbonyl (C=O) groups is 1. The highest BCUT2D eigenvalue weighted by Crippen LogP contribution is 2.32. The maximum Gasteiger partial charge on any atom is 0.171 e. The number of aromatic amines is 1. The smallest absolute Gasteiger partial charge is 0.171 e. The first-order chi connectivity index (χ1) is 13.9. The van der Waals surface area contributed by atoms with Gasteiger partial charge in [-0.2, -0.15) is 0 Å². The summed E-state index contributed by atoms with van der Waals surface area (Å²) in [7, 11) is 0. The van der Waals surface area contributed by atoms with E-state index in [0.29, 0.717) is 22.6 Å². The predicted molar refractivity (Wildman–Crippen MR) is 115 cm³/mol. The van der Waals surface area contributed by atoms with Crippen molar-refractivity contribution < 1.29 is 4.79 Å². The standard InChI is InChI=1S/C23H25N5O/c1-23(2,3)21(29)18-10-25-22-20(18)27-19(11-26-22)14-5-4-6-17(7-14)28-12-15-8-24-9-16(15)13-28/h4-8,10-11,16,24H,9,12-13H2,1-3H3,(H,25,26). The number of benzene rings is 1. The molecule has 1 unspecified atom stereocenters. The van der Waals surface area contributed by atoms with Crippen molar-refractivity contribution in [3.05, 3.63) is 54.0 Å². The maximum absolute atomic E-state index is 12.8. The molecule has 148 valence electrons. The van der Waals surface area contributed by atoms with Crippen LogP contribution < -0.4 is 10.2 Å². The summed E-state index contributed by atoms with van der Waals surface area (Å²) >= 11 is 0. The first-order valence-corrected chi connectivity index (χ1v) is 10.1. The number of ketones is 1. The fourth-order valence-corrected chi connectivity index (χ4v) is 4.15. The van der Waals surface area contributed by atoms with Gasteiger partial charge in [0.2, 0.25) is 0 Å². The number of hydrogen-bond donors (Lipinski definition) is 2. The van der Waals surface area contributed by atoms with Crippen LogP contribution in [-0.2, 0) is 0 Å². The molecule has 1 aromatic carbocycles. The molecule has 0 radical (unpaired) electrons.